The van der Waals surface area contributed by atoms with Crippen molar-refractivity contribution in [3.8, 4) is 0 Å². The van der Waals surface area contributed by atoms with E-state index < -0.39 is 5.97 Å². The quantitative estimate of drug-likeness (QED) is 0.603. The second kappa shape index (κ2) is 6.74. The molecular weight excluding hydrogens is 204 g/mol. The molecule has 86 valence electrons. The molecule has 1 aromatic rings. The second-order valence-corrected chi connectivity index (χ2v) is 3.23. The minimum absolute atomic E-state index is 0.332. The minimum atomic E-state index is -0.412. The minimum Gasteiger partial charge on any atom is -0.464 e. The molecule has 0 amide bonds. The Labute approximate surface area is 95.3 Å². The summed E-state index contributed by atoms with van der Waals surface area (Å²) in [6, 6.07) is 5.27. The second-order valence-electron chi connectivity index (χ2n) is 3.23. The molecule has 0 spiro atoms. The van der Waals surface area contributed by atoms with Crippen molar-refractivity contribution < 1.29 is 9.53 Å². The molecule has 0 unspecified atom stereocenters. The smallest absolute Gasteiger partial charge is 0.356 e. The van der Waals surface area contributed by atoms with Gasteiger partial charge in [-0.05, 0) is 38.2 Å². The SMILES string of the molecule is CNCCC=Cc1cccc(C(=O)OC)n1. The highest BCUT2D eigenvalue weighted by Gasteiger charge is 2.05. The molecule has 0 aromatic carbocycles. The van der Waals surface area contributed by atoms with Gasteiger partial charge in [0.15, 0.2) is 0 Å². The average Bonchev–Trinajstić information content (AvgIpc) is 2.34. The standard InChI is InChI=1S/C12H16N2O2/c1-13-9-4-3-6-10-7-5-8-11(14-10)12(15)16-2/h3,5-8,13H,4,9H2,1-2H3. The van der Waals surface area contributed by atoms with E-state index in [0.717, 1.165) is 18.7 Å². The van der Waals surface area contributed by atoms with Crippen molar-refractivity contribution in [1.82, 2.24) is 10.3 Å². The van der Waals surface area contributed by atoms with Gasteiger partial charge in [0.1, 0.15) is 5.69 Å². The predicted octanol–water partition coefficient (Wildman–Crippen LogP) is 1.49. The normalized spacial score (nSPS) is 10.6. The number of carbonyl (C=O) groups excluding carboxylic acids is 1. The van der Waals surface area contributed by atoms with E-state index in [2.05, 4.69) is 15.0 Å². The first-order valence-electron chi connectivity index (χ1n) is 5.14. The number of nitrogens with zero attached hydrogens (tertiary/aromatic N) is 1. The molecule has 0 aliphatic heterocycles. The molecule has 0 fully saturated rings. The van der Waals surface area contributed by atoms with Gasteiger partial charge in [-0.3, -0.25) is 0 Å². The van der Waals surface area contributed by atoms with Gasteiger partial charge in [-0.25, -0.2) is 9.78 Å². The number of esters is 1. The molecule has 0 bridgehead atoms. The van der Waals surface area contributed by atoms with Crippen LogP contribution < -0.4 is 5.32 Å². The van der Waals surface area contributed by atoms with Gasteiger partial charge < -0.3 is 10.1 Å². The molecule has 0 radical (unpaired) electrons. The van der Waals surface area contributed by atoms with Crippen LogP contribution in [0, 0.1) is 0 Å². The van der Waals surface area contributed by atoms with Gasteiger partial charge >= 0.3 is 5.97 Å². The van der Waals surface area contributed by atoms with Crippen LogP contribution in [-0.2, 0) is 4.74 Å². The van der Waals surface area contributed by atoms with Crippen molar-refractivity contribution >= 4 is 12.0 Å². The summed E-state index contributed by atoms with van der Waals surface area (Å²) < 4.78 is 4.60. The number of hydrogen-bond acceptors (Lipinski definition) is 4. The van der Waals surface area contributed by atoms with Gasteiger partial charge in [0.25, 0.3) is 0 Å². The number of pyridine rings is 1. The highest BCUT2D eigenvalue weighted by Crippen LogP contribution is 2.03. The molecule has 16 heavy (non-hydrogen) atoms. The van der Waals surface area contributed by atoms with Gasteiger partial charge in [0.2, 0.25) is 0 Å². The van der Waals surface area contributed by atoms with E-state index in [9.17, 15) is 4.79 Å². The van der Waals surface area contributed by atoms with E-state index in [1.807, 2.05) is 25.3 Å². The van der Waals surface area contributed by atoms with Crippen LogP contribution in [0.2, 0.25) is 0 Å². The molecule has 0 saturated heterocycles. The Balaban J connectivity index is 2.67. The highest BCUT2D eigenvalue weighted by atomic mass is 16.5. The molecule has 1 rings (SSSR count). The first-order valence-corrected chi connectivity index (χ1v) is 5.14. The summed E-state index contributed by atoms with van der Waals surface area (Å²) in [6.07, 6.45) is 4.84. The zero-order valence-electron chi connectivity index (χ0n) is 9.56. The van der Waals surface area contributed by atoms with Crippen LogP contribution in [0.25, 0.3) is 6.08 Å². The first-order chi connectivity index (χ1) is 7.77. The molecule has 0 aliphatic rings. The Morgan fingerprint density at radius 3 is 3.06 bits per heavy atom. The van der Waals surface area contributed by atoms with Gasteiger partial charge in [0.05, 0.1) is 12.8 Å². The van der Waals surface area contributed by atoms with E-state index in [4.69, 9.17) is 0 Å². The van der Waals surface area contributed by atoms with E-state index in [1.165, 1.54) is 7.11 Å². The van der Waals surface area contributed by atoms with Crippen molar-refractivity contribution in [2.75, 3.05) is 20.7 Å². The van der Waals surface area contributed by atoms with Crippen molar-refractivity contribution in [1.29, 1.82) is 0 Å². The lowest BCUT2D eigenvalue weighted by molar-refractivity contribution is 0.0594. The Hall–Kier alpha value is -1.68. The topological polar surface area (TPSA) is 51.2 Å². The fourth-order valence-electron chi connectivity index (χ4n) is 1.19. The van der Waals surface area contributed by atoms with Gasteiger partial charge in [-0.1, -0.05) is 12.1 Å². The summed E-state index contributed by atoms with van der Waals surface area (Å²) in [5, 5.41) is 3.05. The summed E-state index contributed by atoms with van der Waals surface area (Å²) in [4.78, 5) is 15.4. The predicted molar refractivity (Wildman–Crippen MR) is 63.2 cm³/mol. The number of rotatable bonds is 5. The molecule has 1 N–H and O–H groups in total. The van der Waals surface area contributed by atoms with Crippen LogP contribution in [0.3, 0.4) is 0 Å². The van der Waals surface area contributed by atoms with Crippen molar-refractivity contribution in [3.63, 3.8) is 0 Å². The Morgan fingerprint density at radius 2 is 2.38 bits per heavy atom. The van der Waals surface area contributed by atoms with E-state index in [-0.39, 0.29) is 0 Å². The maximum Gasteiger partial charge on any atom is 0.356 e. The van der Waals surface area contributed by atoms with Gasteiger partial charge in [-0.2, -0.15) is 0 Å². The molecule has 0 atom stereocenters. The molecule has 0 aliphatic carbocycles. The maximum atomic E-state index is 11.2. The third kappa shape index (κ3) is 3.82. The lowest BCUT2D eigenvalue weighted by Crippen LogP contribution is -2.06. The van der Waals surface area contributed by atoms with E-state index in [0.29, 0.717) is 5.69 Å². The Kier molecular flexibility index (Phi) is 5.22. The molecule has 4 heteroatoms. The zero-order valence-corrected chi connectivity index (χ0v) is 9.56. The lowest BCUT2D eigenvalue weighted by atomic mass is 10.2. The van der Waals surface area contributed by atoms with Crippen LogP contribution in [0.5, 0.6) is 0 Å². The number of hydrogen-bond donors (Lipinski definition) is 1. The highest BCUT2D eigenvalue weighted by molar-refractivity contribution is 5.87. The number of methoxy groups -OCH3 is 1. The van der Waals surface area contributed by atoms with Crippen LogP contribution in [0.4, 0.5) is 0 Å². The molecule has 1 heterocycles. The third-order valence-electron chi connectivity index (χ3n) is 2.01. The number of nitrogens with one attached hydrogen (secondary N) is 1. The fourth-order valence-corrected chi connectivity index (χ4v) is 1.19. The zero-order chi connectivity index (χ0) is 11.8. The Bertz CT molecular complexity index is 375. The molecule has 1 aromatic heterocycles. The van der Waals surface area contributed by atoms with Crippen molar-refractivity contribution in [2.45, 2.75) is 6.42 Å². The molecule has 4 nitrogen and oxygen atoms in total. The number of carbonyl (C=O) groups is 1. The summed E-state index contributed by atoms with van der Waals surface area (Å²) in [5.74, 6) is -0.412. The number of aromatic nitrogens is 1. The summed E-state index contributed by atoms with van der Waals surface area (Å²) in [6.45, 7) is 0.924. The average molecular weight is 220 g/mol. The van der Waals surface area contributed by atoms with E-state index >= 15 is 0 Å². The maximum absolute atomic E-state index is 11.2. The molecule has 0 saturated carbocycles. The summed E-state index contributed by atoms with van der Waals surface area (Å²) in [7, 11) is 3.25. The van der Waals surface area contributed by atoms with Crippen molar-refractivity contribution in [3.05, 3.63) is 35.7 Å². The monoisotopic (exact) mass is 220 g/mol. The van der Waals surface area contributed by atoms with Crippen LogP contribution in [0.15, 0.2) is 24.3 Å². The summed E-state index contributed by atoms with van der Waals surface area (Å²) >= 11 is 0. The molecular formula is C12H16N2O2. The largest absolute Gasteiger partial charge is 0.464 e. The third-order valence-corrected chi connectivity index (χ3v) is 2.01. The number of ether oxygens (including phenoxy) is 1. The van der Waals surface area contributed by atoms with Crippen LogP contribution >= 0.6 is 0 Å². The first kappa shape index (κ1) is 12.4. The van der Waals surface area contributed by atoms with E-state index in [1.54, 1.807) is 12.1 Å². The summed E-state index contributed by atoms with van der Waals surface area (Å²) in [5.41, 5.74) is 1.09. The Morgan fingerprint density at radius 1 is 1.56 bits per heavy atom. The lowest BCUT2D eigenvalue weighted by Gasteiger charge is -1.99. The van der Waals surface area contributed by atoms with Crippen LogP contribution in [-0.4, -0.2) is 31.7 Å². The van der Waals surface area contributed by atoms with Gasteiger partial charge in [-0.15, -0.1) is 0 Å². The van der Waals surface area contributed by atoms with Crippen molar-refractivity contribution in [2.24, 2.45) is 0 Å². The van der Waals surface area contributed by atoms with Crippen LogP contribution in [0.1, 0.15) is 22.6 Å². The van der Waals surface area contributed by atoms with Gasteiger partial charge in [0, 0.05) is 0 Å². The fraction of sp³-hybridized carbons (Fsp3) is 0.333.